The van der Waals surface area contributed by atoms with Crippen LogP contribution in [0.25, 0.3) is 0 Å². The molecule has 0 bridgehead atoms. The third-order valence-corrected chi connectivity index (χ3v) is 6.75. The van der Waals surface area contributed by atoms with Crippen LogP contribution in [0.15, 0.2) is 0 Å². The van der Waals surface area contributed by atoms with Gasteiger partial charge in [0.25, 0.3) is 10.2 Å². The van der Waals surface area contributed by atoms with Crippen LogP contribution in [0.5, 0.6) is 0 Å². The Morgan fingerprint density at radius 3 is 1.74 bits per heavy atom. The molecule has 2 saturated heterocycles. The Bertz CT molecular complexity index is 339. The van der Waals surface area contributed by atoms with Gasteiger partial charge in [-0.25, -0.2) is 0 Å². The van der Waals surface area contributed by atoms with Crippen LogP contribution in [-0.2, 0) is 10.2 Å². The van der Waals surface area contributed by atoms with Crippen molar-refractivity contribution in [1.82, 2.24) is 8.61 Å². The van der Waals surface area contributed by atoms with Gasteiger partial charge in [0.2, 0.25) is 0 Å². The zero-order chi connectivity index (χ0) is 13.9. The summed E-state index contributed by atoms with van der Waals surface area (Å²) in [7, 11) is -3.22. The number of hydrogen-bond donors (Lipinski definition) is 1. The molecule has 112 valence electrons. The van der Waals surface area contributed by atoms with Crippen molar-refractivity contribution in [2.75, 3.05) is 32.7 Å². The van der Waals surface area contributed by atoms with Crippen LogP contribution in [0.4, 0.5) is 0 Å². The number of nitrogens with zero attached hydrogens (tertiary/aromatic N) is 2. The van der Waals surface area contributed by atoms with E-state index < -0.39 is 10.2 Å². The molecule has 2 heterocycles. The summed E-state index contributed by atoms with van der Waals surface area (Å²) in [6, 6.07) is 0. The second kappa shape index (κ2) is 6.52. The Balaban J connectivity index is 1.92. The van der Waals surface area contributed by atoms with E-state index in [0.717, 1.165) is 32.1 Å². The second-order valence-electron chi connectivity index (χ2n) is 5.84. The predicted octanol–water partition coefficient (Wildman–Crippen LogP) is 1.02. The Morgan fingerprint density at radius 2 is 1.37 bits per heavy atom. The zero-order valence-corrected chi connectivity index (χ0v) is 12.7. The first-order valence-electron chi connectivity index (χ1n) is 7.53. The molecule has 0 aromatic carbocycles. The molecule has 0 aliphatic carbocycles. The topological polar surface area (TPSA) is 66.6 Å². The minimum atomic E-state index is -3.22. The molecule has 2 aliphatic rings. The van der Waals surface area contributed by atoms with Crippen molar-refractivity contribution in [3.05, 3.63) is 0 Å². The van der Waals surface area contributed by atoms with Gasteiger partial charge in [-0.05, 0) is 44.1 Å². The molecule has 0 spiro atoms. The van der Waals surface area contributed by atoms with Crippen LogP contribution in [-0.4, -0.2) is 49.8 Å². The van der Waals surface area contributed by atoms with Crippen molar-refractivity contribution < 1.29 is 8.42 Å². The van der Waals surface area contributed by atoms with Gasteiger partial charge in [0.1, 0.15) is 0 Å². The third-order valence-electron chi connectivity index (χ3n) is 4.71. The van der Waals surface area contributed by atoms with E-state index in [9.17, 15) is 8.42 Å². The minimum absolute atomic E-state index is 0.497. The molecule has 0 aromatic rings. The first kappa shape index (κ1) is 15.2. The van der Waals surface area contributed by atoms with Crippen LogP contribution in [0.2, 0.25) is 0 Å². The maximum atomic E-state index is 12.6. The Labute approximate surface area is 117 Å². The number of nitrogens with two attached hydrogens (primary N) is 1. The van der Waals surface area contributed by atoms with Crippen molar-refractivity contribution in [3.8, 4) is 0 Å². The van der Waals surface area contributed by atoms with E-state index in [1.165, 1.54) is 0 Å². The third kappa shape index (κ3) is 3.48. The molecular formula is C13H27N3O2S. The summed E-state index contributed by atoms with van der Waals surface area (Å²) >= 11 is 0. The van der Waals surface area contributed by atoms with Crippen molar-refractivity contribution in [3.63, 3.8) is 0 Å². The van der Waals surface area contributed by atoms with Crippen LogP contribution in [0.3, 0.4) is 0 Å². The Hall–Kier alpha value is -0.170. The van der Waals surface area contributed by atoms with E-state index in [1.54, 1.807) is 8.61 Å². The van der Waals surface area contributed by atoms with E-state index in [1.807, 2.05) is 0 Å². The van der Waals surface area contributed by atoms with Crippen molar-refractivity contribution in [2.24, 2.45) is 17.6 Å². The molecule has 0 atom stereocenters. The van der Waals surface area contributed by atoms with Gasteiger partial charge >= 0.3 is 0 Å². The molecule has 0 radical (unpaired) electrons. The fraction of sp³-hybridized carbons (Fsp3) is 1.00. The predicted molar refractivity (Wildman–Crippen MR) is 76.9 cm³/mol. The largest absolute Gasteiger partial charge is 0.330 e. The fourth-order valence-electron chi connectivity index (χ4n) is 3.09. The van der Waals surface area contributed by atoms with Crippen LogP contribution in [0, 0.1) is 11.8 Å². The molecule has 0 aromatic heterocycles. The lowest BCUT2D eigenvalue weighted by Gasteiger charge is -2.37. The molecule has 6 heteroatoms. The molecule has 2 fully saturated rings. The van der Waals surface area contributed by atoms with Gasteiger partial charge in [-0.2, -0.15) is 17.0 Å². The lowest BCUT2D eigenvalue weighted by molar-refractivity contribution is 0.226. The molecule has 19 heavy (non-hydrogen) atoms. The second-order valence-corrected chi connectivity index (χ2v) is 7.77. The lowest BCUT2D eigenvalue weighted by Crippen LogP contribution is -2.50. The molecule has 2 rings (SSSR count). The summed E-state index contributed by atoms with van der Waals surface area (Å²) in [5, 5.41) is 0. The van der Waals surface area contributed by atoms with E-state index >= 15 is 0 Å². The van der Waals surface area contributed by atoms with Gasteiger partial charge in [-0.3, -0.25) is 0 Å². The number of hydrogen-bond acceptors (Lipinski definition) is 3. The van der Waals surface area contributed by atoms with Crippen molar-refractivity contribution in [2.45, 2.75) is 39.0 Å². The quantitative estimate of drug-likeness (QED) is 0.840. The van der Waals surface area contributed by atoms with Crippen LogP contribution in [0.1, 0.15) is 39.0 Å². The summed E-state index contributed by atoms with van der Waals surface area (Å²) in [5.41, 5.74) is 5.65. The Morgan fingerprint density at radius 1 is 0.947 bits per heavy atom. The maximum absolute atomic E-state index is 12.6. The molecular weight excluding hydrogens is 262 g/mol. The summed E-state index contributed by atoms with van der Waals surface area (Å²) < 4.78 is 28.4. The van der Waals surface area contributed by atoms with Crippen LogP contribution < -0.4 is 5.73 Å². The standard InChI is InChI=1S/C13H27N3O2S/c1-2-12-3-7-15(8-4-12)19(17,18)16-9-5-13(11-14)6-10-16/h12-13H,2-11,14H2,1H3. The molecule has 0 unspecified atom stereocenters. The normalized spacial score (nSPS) is 25.8. The number of rotatable bonds is 4. The molecule has 2 N–H and O–H groups in total. The molecule has 0 amide bonds. The van der Waals surface area contributed by atoms with Gasteiger partial charge in [-0.15, -0.1) is 0 Å². The van der Waals surface area contributed by atoms with E-state index in [0.29, 0.717) is 44.6 Å². The summed E-state index contributed by atoms with van der Waals surface area (Å²) in [6.07, 6.45) is 4.99. The lowest BCUT2D eigenvalue weighted by atomic mass is 9.96. The molecule has 2 aliphatic heterocycles. The molecule has 5 nitrogen and oxygen atoms in total. The highest BCUT2D eigenvalue weighted by atomic mass is 32.2. The van der Waals surface area contributed by atoms with Gasteiger partial charge in [0.15, 0.2) is 0 Å². The first-order chi connectivity index (χ1) is 9.07. The van der Waals surface area contributed by atoms with Gasteiger partial charge < -0.3 is 5.73 Å². The van der Waals surface area contributed by atoms with Crippen LogP contribution >= 0.6 is 0 Å². The highest BCUT2D eigenvalue weighted by Crippen LogP contribution is 2.26. The summed E-state index contributed by atoms with van der Waals surface area (Å²) in [5.74, 6) is 1.20. The Kier molecular flexibility index (Phi) is 5.22. The van der Waals surface area contributed by atoms with Gasteiger partial charge in [-0.1, -0.05) is 13.3 Å². The minimum Gasteiger partial charge on any atom is -0.330 e. The first-order valence-corrected chi connectivity index (χ1v) is 8.93. The maximum Gasteiger partial charge on any atom is 0.281 e. The van der Waals surface area contributed by atoms with E-state index in [-0.39, 0.29) is 0 Å². The van der Waals surface area contributed by atoms with Gasteiger partial charge in [0, 0.05) is 26.2 Å². The van der Waals surface area contributed by atoms with Crippen molar-refractivity contribution >= 4 is 10.2 Å². The fourth-order valence-corrected chi connectivity index (χ4v) is 4.76. The SMILES string of the molecule is CCC1CCN(S(=O)(=O)N2CCC(CN)CC2)CC1. The molecule has 0 saturated carbocycles. The zero-order valence-electron chi connectivity index (χ0n) is 11.9. The number of piperidine rings is 2. The highest BCUT2D eigenvalue weighted by Gasteiger charge is 2.34. The highest BCUT2D eigenvalue weighted by molar-refractivity contribution is 7.86. The average Bonchev–Trinajstić information content (AvgIpc) is 2.47. The summed E-state index contributed by atoms with van der Waals surface area (Å²) in [4.78, 5) is 0. The monoisotopic (exact) mass is 289 g/mol. The summed E-state index contributed by atoms with van der Waals surface area (Å²) in [6.45, 7) is 5.52. The van der Waals surface area contributed by atoms with E-state index in [2.05, 4.69) is 6.92 Å². The van der Waals surface area contributed by atoms with E-state index in [4.69, 9.17) is 5.73 Å². The average molecular weight is 289 g/mol. The van der Waals surface area contributed by atoms with Gasteiger partial charge in [0.05, 0.1) is 0 Å². The van der Waals surface area contributed by atoms with Crippen molar-refractivity contribution in [1.29, 1.82) is 0 Å². The smallest absolute Gasteiger partial charge is 0.281 e.